The van der Waals surface area contributed by atoms with Crippen molar-refractivity contribution in [3.05, 3.63) is 51.3 Å². The van der Waals surface area contributed by atoms with Gasteiger partial charge in [-0.3, -0.25) is 25.2 Å². The minimum absolute atomic E-state index is 0.280. The number of rotatable bonds is 3. The number of thiophene rings is 1. The van der Waals surface area contributed by atoms with Gasteiger partial charge >= 0.3 is 0 Å². The maximum absolute atomic E-state index is 12.2. The lowest BCUT2D eigenvalue weighted by molar-refractivity contribution is -0.119. The first-order valence-electron chi connectivity index (χ1n) is 6.18. The summed E-state index contributed by atoms with van der Waals surface area (Å²) in [6.07, 6.45) is 0. The molecule has 0 saturated heterocycles. The molecule has 1 aromatic heterocycles. The van der Waals surface area contributed by atoms with Gasteiger partial charge in [0.2, 0.25) is 5.91 Å². The third kappa shape index (κ3) is 4.15. The number of amides is 3. The molecule has 1 heterocycles. The summed E-state index contributed by atoms with van der Waals surface area (Å²) in [6, 6.07) is 8.48. The van der Waals surface area contributed by atoms with Crippen LogP contribution in [0.1, 0.15) is 27.6 Å². The second kappa shape index (κ2) is 7.19. The third-order valence-corrected chi connectivity index (χ3v) is 3.90. The molecule has 1 aromatic carbocycles. The van der Waals surface area contributed by atoms with Crippen LogP contribution in [0.5, 0.6) is 0 Å². The molecule has 6 nitrogen and oxygen atoms in total. The van der Waals surface area contributed by atoms with Gasteiger partial charge in [-0.1, -0.05) is 22.0 Å². The van der Waals surface area contributed by atoms with Gasteiger partial charge in [0.25, 0.3) is 11.8 Å². The number of hydrazine groups is 1. The number of benzene rings is 1. The third-order valence-electron chi connectivity index (χ3n) is 2.58. The second-order valence-electron chi connectivity index (χ2n) is 4.26. The predicted octanol–water partition coefficient (Wildman–Crippen LogP) is 2.54. The van der Waals surface area contributed by atoms with Gasteiger partial charge in [-0.15, -0.1) is 11.3 Å². The highest BCUT2D eigenvalue weighted by molar-refractivity contribution is 9.10. The van der Waals surface area contributed by atoms with Gasteiger partial charge in [-0.25, -0.2) is 0 Å². The Bertz CT molecular complexity index is 730. The van der Waals surface area contributed by atoms with E-state index in [2.05, 4.69) is 32.1 Å². The zero-order chi connectivity index (χ0) is 16.1. The standard InChI is InChI=1S/C14H12BrN3O3S/c1-8(19)17-18-13(21)11-5-6-22-14(11)16-12(20)9-3-2-4-10(15)7-9/h2-7H,1H3,(H,16,20)(H,17,19)(H,18,21). The van der Waals surface area contributed by atoms with Crippen molar-refractivity contribution in [2.45, 2.75) is 6.92 Å². The van der Waals surface area contributed by atoms with Crippen molar-refractivity contribution in [1.82, 2.24) is 10.9 Å². The molecule has 3 N–H and O–H groups in total. The molecule has 2 aromatic rings. The fourth-order valence-electron chi connectivity index (χ4n) is 1.60. The van der Waals surface area contributed by atoms with E-state index in [1.807, 2.05) is 6.07 Å². The Morgan fingerprint density at radius 1 is 1.09 bits per heavy atom. The molecule has 22 heavy (non-hydrogen) atoms. The van der Waals surface area contributed by atoms with Crippen LogP contribution in [0.2, 0.25) is 0 Å². The van der Waals surface area contributed by atoms with Crippen molar-refractivity contribution in [2.24, 2.45) is 0 Å². The predicted molar refractivity (Wildman–Crippen MR) is 87.7 cm³/mol. The van der Waals surface area contributed by atoms with E-state index in [9.17, 15) is 14.4 Å². The summed E-state index contributed by atoms with van der Waals surface area (Å²) >= 11 is 4.52. The van der Waals surface area contributed by atoms with E-state index in [0.717, 1.165) is 4.47 Å². The van der Waals surface area contributed by atoms with Gasteiger partial charge < -0.3 is 5.32 Å². The molecule has 0 radical (unpaired) electrons. The molecule has 0 aliphatic carbocycles. The van der Waals surface area contributed by atoms with Crippen LogP contribution >= 0.6 is 27.3 Å². The maximum Gasteiger partial charge on any atom is 0.272 e. The van der Waals surface area contributed by atoms with Crippen molar-refractivity contribution in [2.75, 3.05) is 5.32 Å². The molecule has 8 heteroatoms. The first-order valence-corrected chi connectivity index (χ1v) is 7.86. The van der Waals surface area contributed by atoms with Gasteiger partial charge in [-0.05, 0) is 29.6 Å². The van der Waals surface area contributed by atoms with Gasteiger partial charge in [0.1, 0.15) is 5.00 Å². The molecule has 0 aliphatic heterocycles. The van der Waals surface area contributed by atoms with E-state index >= 15 is 0 Å². The molecular weight excluding hydrogens is 370 g/mol. The Morgan fingerprint density at radius 2 is 1.86 bits per heavy atom. The molecule has 114 valence electrons. The Kier molecular flexibility index (Phi) is 5.29. The summed E-state index contributed by atoms with van der Waals surface area (Å²) in [5.41, 5.74) is 5.21. The number of halogens is 1. The van der Waals surface area contributed by atoms with Crippen LogP contribution in [0.4, 0.5) is 5.00 Å². The molecule has 0 unspecified atom stereocenters. The molecule has 3 amide bonds. The maximum atomic E-state index is 12.2. The first kappa shape index (κ1) is 16.2. The lowest BCUT2D eigenvalue weighted by atomic mass is 10.2. The highest BCUT2D eigenvalue weighted by Gasteiger charge is 2.16. The average Bonchev–Trinajstić information content (AvgIpc) is 2.93. The highest BCUT2D eigenvalue weighted by atomic mass is 79.9. The minimum Gasteiger partial charge on any atom is -0.313 e. The summed E-state index contributed by atoms with van der Waals surface area (Å²) in [5, 5.41) is 4.78. The molecule has 0 spiro atoms. The zero-order valence-electron chi connectivity index (χ0n) is 11.5. The van der Waals surface area contributed by atoms with Crippen LogP contribution in [0.3, 0.4) is 0 Å². The van der Waals surface area contributed by atoms with E-state index in [4.69, 9.17) is 0 Å². The Morgan fingerprint density at radius 3 is 2.55 bits per heavy atom. The molecule has 0 atom stereocenters. The summed E-state index contributed by atoms with van der Waals surface area (Å²) in [7, 11) is 0. The van der Waals surface area contributed by atoms with Crippen LogP contribution in [0.25, 0.3) is 0 Å². The van der Waals surface area contributed by atoms with Gasteiger partial charge in [-0.2, -0.15) is 0 Å². The molecule has 2 rings (SSSR count). The summed E-state index contributed by atoms with van der Waals surface area (Å²) < 4.78 is 0.787. The normalized spacial score (nSPS) is 9.91. The Balaban J connectivity index is 2.11. The monoisotopic (exact) mass is 381 g/mol. The van der Waals surface area contributed by atoms with E-state index in [-0.39, 0.29) is 17.4 Å². The van der Waals surface area contributed by atoms with Crippen molar-refractivity contribution in [1.29, 1.82) is 0 Å². The molecule has 0 saturated carbocycles. The number of carbonyl (C=O) groups excluding carboxylic acids is 3. The zero-order valence-corrected chi connectivity index (χ0v) is 13.9. The summed E-state index contributed by atoms with van der Waals surface area (Å²) in [4.78, 5) is 34.9. The van der Waals surface area contributed by atoms with Gasteiger partial charge in [0, 0.05) is 17.0 Å². The number of anilines is 1. The first-order chi connectivity index (χ1) is 10.5. The quantitative estimate of drug-likeness (QED) is 0.713. The molecule has 0 aliphatic rings. The van der Waals surface area contributed by atoms with Crippen LogP contribution in [-0.2, 0) is 4.79 Å². The minimum atomic E-state index is -0.499. The highest BCUT2D eigenvalue weighted by Crippen LogP contribution is 2.24. The molecule has 0 bridgehead atoms. The number of hydrogen-bond acceptors (Lipinski definition) is 4. The van der Waals surface area contributed by atoms with E-state index < -0.39 is 5.91 Å². The lowest BCUT2D eigenvalue weighted by Gasteiger charge is -2.08. The largest absolute Gasteiger partial charge is 0.313 e. The van der Waals surface area contributed by atoms with Crippen molar-refractivity contribution in [3.63, 3.8) is 0 Å². The smallest absolute Gasteiger partial charge is 0.272 e. The topological polar surface area (TPSA) is 87.3 Å². The van der Waals surface area contributed by atoms with E-state index in [1.54, 1.807) is 29.6 Å². The van der Waals surface area contributed by atoms with Crippen LogP contribution in [0.15, 0.2) is 40.2 Å². The summed E-state index contributed by atoms with van der Waals surface area (Å²) in [6.45, 7) is 1.28. The Hall–Kier alpha value is -2.19. The fraction of sp³-hybridized carbons (Fsp3) is 0.0714. The van der Waals surface area contributed by atoms with Crippen LogP contribution < -0.4 is 16.2 Å². The number of hydrogen-bond donors (Lipinski definition) is 3. The van der Waals surface area contributed by atoms with Crippen molar-refractivity contribution < 1.29 is 14.4 Å². The average molecular weight is 382 g/mol. The summed E-state index contributed by atoms with van der Waals surface area (Å²) in [5.74, 6) is -1.21. The van der Waals surface area contributed by atoms with Gasteiger partial charge in [0.05, 0.1) is 5.56 Å². The van der Waals surface area contributed by atoms with E-state index in [1.165, 1.54) is 18.3 Å². The van der Waals surface area contributed by atoms with Crippen LogP contribution in [0, 0.1) is 0 Å². The van der Waals surface area contributed by atoms with E-state index in [0.29, 0.717) is 10.6 Å². The molecular formula is C14H12BrN3O3S. The second-order valence-corrected chi connectivity index (χ2v) is 6.09. The molecule has 0 fully saturated rings. The lowest BCUT2D eigenvalue weighted by Crippen LogP contribution is -2.40. The van der Waals surface area contributed by atoms with Crippen molar-refractivity contribution >= 4 is 50.0 Å². The van der Waals surface area contributed by atoms with Gasteiger partial charge in [0.15, 0.2) is 0 Å². The number of carbonyl (C=O) groups is 3. The fourth-order valence-corrected chi connectivity index (χ4v) is 2.78. The van der Waals surface area contributed by atoms with Crippen molar-refractivity contribution in [3.8, 4) is 0 Å². The van der Waals surface area contributed by atoms with Crippen LogP contribution in [-0.4, -0.2) is 17.7 Å². The number of nitrogens with one attached hydrogen (secondary N) is 3. The SMILES string of the molecule is CC(=O)NNC(=O)c1ccsc1NC(=O)c1cccc(Br)c1. The Labute approximate surface area is 139 Å².